The summed E-state index contributed by atoms with van der Waals surface area (Å²) in [4.78, 5) is 4.40. The van der Waals surface area contributed by atoms with Crippen LogP contribution in [0.1, 0.15) is 43.3 Å². The van der Waals surface area contributed by atoms with Crippen molar-refractivity contribution in [2.45, 2.75) is 37.1 Å². The van der Waals surface area contributed by atoms with Crippen LogP contribution >= 0.6 is 0 Å². The van der Waals surface area contributed by atoms with Crippen molar-refractivity contribution in [2.75, 3.05) is 13.2 Å². The highest BCUT2D eigenvalue weighted by molar-refractivity contribution is 5.07. The summed E-state index contributed by atoms with van der Waals surface area (Å²) in [6.07, 6.45) is 4.38. The summed E-state index contributed by atoms with van der Waals surface area (Å²) in [6, 6.07) is 0. The summed E-state index contributed by atoms with van der Waals surface area (Å²) in [7, 11) is 0. The van der Waals surface area contributed by atoms with E-state index in [9.17, 15) is 0 Å². The summed E-state index contributed by atoms with van der Waals surface area (Å²) >= 11 is 0. The van der Waals surface area contributed by atoms with Crippen molar-refractivity contribution in [1.29, 1.82) is 0 Å². The van der Waals surface area contributed by atoms with Crippen molar-refractivity contribution in [3.05, 3.63) is 11.7 Å². The zero-order valence-electron chi connectivity index (χ0n) is 8.61. The largest absolute Gasteiger partial charge is 0.379 e. The minimum Gasteiger partial charge on any atom is -0.379 e. The van der Waals surface area contributed by atoms with Gasteiger partial charge in [0.15, 0.2) is 5.82 Å². The Kier molecular flexibility index (Phi) is 2.03. The molecular weight excluding hydrogens is 194 g/mol. The molecule has 5 nitrogen and oxygen atoms in total. The first kappa shape index (κ1) is 9.30. The third-order valence-electron chi connectivity index (χ3n) is 3.39. The predicted molar refractivity (Wildman–Crippen MR) is 52.2 cm³/mol. The smallest absolute Gasteiger partial charge is 0.249 e. The van der Waals surface area contributed by atoms with Gasteiger partial charge < -0.3 is 15.0 Å². The SMILES string of the molecule is NC1(c2nc(C3CCC3)no2)CCOC1. The van der Waals surface area contributed by atoms with E-state index in [0.717, 1.165) is 12.2 Å². The molecule has 2 heterocycles. The highest BCUT2D eigenvalue weighted by Gasteiger charge is 2.39. The van der Waals surface area contributed by atoms with Gasteiger partial charge in [0, 0.05) is 12.5 Å². The Hall–Kier alpha value is -0.940. The minimum atomic E-state index is -0.547. The van der Waals surface area contributed by atoms with E-state index in [2.05, 4.69) is 10.1 Å². The van der Waals surface area contributed by atoms with Gasteiger partial charge in [0.2, 0.25) is 5.89 Å². The van der Waals surface area contributed by atoms with Crippen LogP contribution in [0.5, 0.6) is 0 Å². The molecule has 1 unspecified atom stereocenters. The summed E-state index contributed by atoms with van der Waals surface area (Å²) in [6.45, 7) is 1.16. The average molecular weight is 209 g/mol. The molecule has 1 saturated carbocycles. The Bertz CT molecular complexity index is 353. The number of aromatic nitrogens is 2. The molecule has 3 rings (SSSR count). The molecule has 0 radical (unpaired) electrons. The standard InChI is InChI=1S/C10H15N3O2/c11-10(4-5-14-6-10)9-12-8(13-15-9)7-2-1-3-7/h7H,1-6,11H2. The molecule has 1 saturated heterocycles. The number of rotatable bonds is 2. The van der Waals surface area contributed by atoms with Crippen molar-refractivity contribution in [1.82, 2.24) is 10.1 Å². The van der Waals surface area contributed by atoms with Crippen molar-refractivity contribution < 1.29 is 9.26 Å². The third kappa shape index (κ3) is 1.46. The molecule has 1 aliphatic carbocycles. The van der Waals surface area contributed by atoms with E-state index in [1.807, 2.05) is 0 Å². The molecule has 0 amide bonds. The van der Waals surface area contributed by atoms with Gasteiger partial charge >= 0.3 is 0 Å². The molecular formula is C10H15N3O2. The van der Waals surface area contributed by atoms with E-state index in [1.165, 1.54) is 19.3 Å². The van der Waals surface area contributed by atoms with Gasteiger partial charge in [0.05, 0.1) is 6.61 Å². The molecule has 0 aromatic carbocycles. The molecule has 1 aliphatic heterocycles. The fourth-order valence-corrected chi connectivity index (χ4v) is 2.02. The first-order chi connectivity index (χ1) is 7.28. The van der Waals surface area contributed by atoms with E-state index in [0.29, 0.717) is 25.0 Å². The fourth-order valence-electron chi connectivity index (χ4n) is 2.02. The molecule has 2 N–H and O–H groups in total. The number of hydrogen-bond acceptors (Lipinski definition) is 5. The van der Waals surface area contributed by atoms with E-state index in [4.69, 9.17) is 15.0 Å². The molecule has 15 heavy (non-hydrogen) atoms. The lowest BCUT2D eigenvalue weighted by molar-refractivity contribution is 0.166. The van der Waals surface area contributed by atoms with Gasteiger partial charge in [-0.2, -0.15) is 4.98 Å². The van der Waals surface area contributed by atoms with E-state index in [1.54, 1.807) is 0 Å². The molecule has 0 bridgehead atoms. The minimum absolute atomic E-state index is 0.485. The van der Waals surface area contributed by atoms with Crippen LogP contribution in [0.2, 0.25) is 0 Å². The molecule has 1 atom stereocenters. The number of hydrogen-bond donors (Lipinski definition) is 1. The van der Waals surface area contributed by atoms with Gasteiger partial charge in [-0.3, -0.25) is 0 Å². The van der Waals surface area contributed by atoms with E-state index >= 15 is 0 Å². The van der Waals surface area contributed by atoms with Crippen LogP contribution in [-0.2, 0) is 10.3 Å². The molecule has 82 valence electrons. The Morgan fingerprint density at radius 2 is 2.27 bits per heavy atom. The van der Waals surface area contributed by atoms with Crippen LogP contribution in [0, 0.1) is 0 Å². The molecule has 2 aliphatic rings. The topological polar surface area (TPSA) is 74.2 Å². The molecule has 5 heteroatoms. The average Bonchev–Trinajstić information content (AvgIpc) is 2.71. The quantitative estimate of drug-likeness (QED) is 0.783. The summed E-state index contributed by atoms with van der Waals surface area (Å²) in [5.41, 5.74) is 5.59. The maximum Gasteiger partial charge on any atom is 0.249 e. The van der Waals surface area contributed by atoms with Crippen LogP contribution in [0.25, 0.3) is 0 Å². The predicted octanol–water partition coefficient (Wildman–Crippen LogP) is 0.911. The lowest BCUT2D eigenvalue weighted by Crippen LogP contribution is -2.37. The van der Waals surface area contributed by atoms with Gasteiger partial charge in [0.1, 0.15) is 5.54 Å². The molecule has 1 aromatic heterocycles. The van der Waals surface area contributed by atoms with Crippen molar-refractivity contribution in [3.63, 3.8) is 0 Å². The fraction of sp³-hybridized carbons (Fsp3) is 0.800. The summed E-state index contributed by atoms with van der Waals surface area (Å²) < 4.78 is 10.5. The number of ether oxygens (including phenoxy) is 1. The summed E-state index contributed by atoms with van der Waals surface area (Å²) in [5.74, 6) is 1.86. The second-order valence-corrected chi connectivity index (χ2v) is 4.54. The van der Waals surface area contributed by atoms with Crippen molar-refractivity contribution in [2.24, 2.45) is 5.73 Å². The zero-order valence-corrected chi connectivity index (χ0v) is 8.61. The zero-order chi connectivity index (χ0) is 10.3. The lowest BCUT2D eigenvalue weighted by Gasteiger charge is -2.21. The number of nitrogens with zero attached hydrogens (tertiary/aromatic N) is 2. The highest BCUT2D eigenvalue weighted by Crippen LogP contribution is 2.36. The van der Waals surface area contributed by atoms with Gasteiger partial charge in [-0.15, -0.1) is 0 Å². The van der Waals surface area contributed by atoms with Gasteiger partial charge in [-0.25, -0.2) is 0 Å². The second kappa shape index (κ2) is 3.28. The van der Waals surface area contributed by atoms with Crippen LogP contribution in [0.4, 0.5) is 0 Å². The maximum absolute atomic E-state index is 6.13. The molecule has 1 aromatic rings. The van der Waals surface area contributed by atoms with Crippen molar-refractivity contribution in [3.8, 4) is 0 Å². The van der Waals surface area contributed by atoms with Crippen LogP contribution < -0.4 is 5.73 Å². The summed E-state index contributed by atoms with van der Waals surface area (Å²) in [5, 5.41) is 4.01. The van der Waals surface area contributed by atoms with Crippen LogP contribution in [0.3, 0.4) is 0 Å². The molecule has 2 fully saturated rings. The first-order valence-corrected chi connectivity index (χ1v) is 5.49. The monoisotopic (exact) mass is 209 g/mol. The molecule has 0 spiro atoms. The van der Waals surface area contributed by atoms with Crippen molar-refractivity contribution >= 4 is 0 Å². The third-order valence-corrected chi connectivity index (χ3v) is 3.39. The first-order valence-electron chi connectivity index (χ1n) is 5.49. The van der Waals surface area contributed by atoms with Crippen LogP contribution in [0.15, 0.2) is 4.52 Å². The Morgan fingerprint density at radius 1 is 1.40 bits per heavy atom. The van der Waals surface area contributed by atoms with Crippen LogP contribution in [-0.4, -0.2) is 23.4 Å². The lowest BCUT2D eigenvalue weighted by atomic mass is 9.85. The van der Waals surface area contributed by atoms with Gasteiger partial charge in [-0.05, 0) is 19.3 Å². The Labute approximate surface area is 88.0 Å². The maximum atomic E-state index is 6.13. The van der Waals surface area contributed by atoms with Gasteiger partial charge in [0.25, 0.3) is 0 Å². The van der Waals surface area contributed by atoms with E-state index < -0.39 is 5.54 Å². The normalized spacial score (nSPS) is 31.8. The Balaban J connectivity index is 1.82. The second-order valence-electron chi connectivity index (χ2n) is 4.54. The van der Waals surface area contributed by atoms with E-state index in [-0.39, 0.29) is 0 Å². The van der Waals surface area contributed by atoms with Gasteiger partial charge in [-0.1, -0.05) is 11.6 Å². The highest BCUT2D eigenvalue weighted by atomic mass is 16.5. The number of nitrogens with two attached hydrogens (primary N) is 1. The Morgan fingerprint density at radius 3 is 2.87 bits per heavy atom.